The summed E-state index contributed by atoms with van der Waals surface area (Å²) in [6, 6.07) is 15.0. The van der Waals surface area contributed by atoms with Gasteiger partial charge in [-0.05, 0) is 18.2 Å². The number of aromatic amines is 1. The van der Waals surface area contributed by atoms with E-state index in [-0.39, 0.29) is 5.56 Å². The van der Waals surface area contributed by atoms with Crippen molar-refractivity contribution in [3.8, 4) is 11.4 Å². The van der Waals surface area contributed by atoms with E-state index in [4.69, 9.17) is 0 Å². The number of halogens is 1. The SMILES string of the molecule is O=c1[nH]c(-c2ccccc2Br)nc2ccccc12. The van der Waals surface area contributed by atoms with E-state index in [2.05, 4.69) is 25.9 Å². The lowest BCUT2D eigenvalue weighted by atomic mass is 10.2. The first kappa shape index (κ1) is 11.2. The van der Waals surface area contributed by atoms with E-state index >= 15 is 0 Å². The van der Waals surface area contributed by atoms with Crippen LogP contribution in [-0.4, -0.2) is 9.97 Å². The van der Waals surface area contributed by atoms with E-state index < -0.39 is 0 Å². The third-order valence-corrected chi connectivity index (χ3v) is 3.43. The molecule has 0 saturated heterocycles. The van der Waals surface area contributed by atoms with E-state index in [0.717, 1.165) is 10.0 Å². The molecule has 0 aliphatic carbocycles. The molecule has 4 heteroatoms. The van der Waals surface area contributed by atoms with E-state index in [0.29, 0.717) is 16.7 Å². The fourth-order valence-corrected chi connectivity index (χ4v) is 2.34. The Morgan fingerprint density at radius 3 is 2.56 bits per heavy atom. The smallest absolute Gasteiger partial charge is 0.259 e. The van der Waals surface area contributed by atoms with Crippen LogP contribution in [0.3, 0.4) is 0 Å². The first-order valence-corrected chi connectivity index (χ1v) is 6.29. The number of hydrogen-bond donors (Lipinski definition) is 1. The molecule has 0 unspecified atom stereocenters. The molecular weight excluding hydrogens is 292 g/mol. The van der Waals surface area contributed by atoms with Crippen molar-refractivity contribution in [3.05, 3.63) is 63.4 Å². The van der Waals surface area contributed by atoms with Crippen LogP contribution in [-0.2, 0) is 0 Å². The standard InChI is InChI=1S/C14H9BrN2O/c15-11-7-3-1-5-9(11)13-16-12-8-4-2-6-10(12)14(18)17-13/h1-8H,(H,16,17,18). The van der Waals surface area contributed by atoms with Gasteiger partial charge in [-0.2, -0.15) is 0 Å². The summed E-state index contributed by atoms with van der Waals surface area (Å²) in [4.78, 5) is 19.3. The van der Waals surface area contributed by atoms with Crippen LogP contribution in [0.5, 0.6) is 0 Å². The largest absolute Gasteiger partial charge is 0.306 e. The van der Waals surface area contributed by atoms with Crippen LogP contribution in [0.1, 0.15) is 0 Å². The van der Waals surface area contributed by atoms with Crippen molar-refractivity contribution in [1.82, 2.24) is 9.97 Å². The number of para-hydroxylation sites is 1. The Bertz CT molecular complexity index is 780. The molecule has 18 heavy (non-hydrogen) atoms. The summed E-state index contributed by atoms with van der Waals surface area (Å²) in [5.41, 5.74) is 1.46. The second-order valence-electron chi connectivity index (χ2n) is 3.91. The highest BCUT2D eigenvalue weighted by atomic mass is 79.9. The molecule has 0 aliphatic heterocycles. The zero-order chi connectivity index (χ0) is 12.5. The Morgan fingerprint density at radius 2 is 1.72 bits per heavy atom. The summed E-state index contributed by atoms with van der Waals surface area (Å²) in [7, 11) is 0. The van der Waals surface area contributed by atoms with E-state index in [1.165, 1.54) is 0 Å². The molecule has 0 aliphatic rings. The summed E-state index contributed by atoms with van der Waals surface area (Å²) >= 11 is 3.46. The van der Waals surface area contributed by atoms with Crippen LogP contribution in [0.15, 0.2) is 57.8 Å². The minimum absolute atomic E-state index is 0.119. The molecular formula is C14H9BrN2O. The lowest BCUT2D eigenvalue weighted by Crippen LogP contribution is -2.09. The van der Waals surface area contributed by atoms with Gasteiger partial charge in [0, 0.05) is 10.0 Å². The second kappa shape index (κ2) is 4.38. The third-order valence-electron chi connectivity index (χ3n) is 2.74. The number of nitrogens with zero attached hydrogens (tertiary/aromatic N) is 1. The Balaban J connectivity index is 2.32. The normalized spacial score (nSPS) is 10.7. The summed E-state index contributed by atoms with van der Waals surface area (Å²) in [5, 5.41) is 0.605. The molecule has 1 heterocycles. The molecule has 0 spiro atoms. The molecule has 0 bridgehead atoms. The second-order valence-corrected chi connectivity index (χ2v) is 4.77. The lowest BCUT2D eigenvalue weighted by molar-refractivity contribution is 1.18. The Labute approximate surface area is 112 Å². The van der Waals surface area contributed by atoms with Crippen molar-refractivity contribution < 1.29 is 0 Å². The van der Waals surface area contributed by atoms with Crippen LogP contribution in [0.4, 0.5) is 0 Å². The Hall–Kier alpha value is -1.94. The average Bonchev–Trinajstić information content (AvgIpc) is 2.39. The van der Waals surface area contributed by atoms with Gasteiger partial charge in [0.2, 0.25) is 0 Å². The van der Waals surface area contributed by atoms with Gasteiger partial charge in [-0.1, -0.05) is 46.3 Å². The van der Waals surface area contributed by atoms with Crippen molar-refractivity contribution in [2.45, 2.75) is 0 Å². The molecule has 0 saturated carbocycles. The molecule has 0 fully saturated rings. The zero-order valence-electron chi connectivity index (χ0n) is 9.35. The molecule has 1 aromatic heterocycles. The van der Waals surface area contributed by atoms with Gasteiger partial charge in [0.1, 0.15) is 5.82 Å². The molecule has 3 rings (SSSR count). The van der Waals surface area contributed by atoms with Gasteiger partial charge >= 0.3 is 0 Å². The van der Waals surface area contributed by atoms with Crippen LogP contribution < -0.4 is 5.56 Å². The number of H-pyrrole nitrogens is 1. The fraction of sp³-hybridized carbons (Fsp3) is 0. The number of benzene rings is 2. The first-order valence-electron chi connectivity index (χ1n) is 5.50. The molecule has 0 atom stereocenters. The highest BCUT2D eigenvalue weighted by molar-refractivity contribution is 9.10. The molecule has 0 amide bonds. The minimum atomic E-state index is -0.119. The number of nitrogens with one attached hydrogen (secondary N) is 1. The van der Waals surface area contributed by atoms with E-state index in [1.807, 2.05) is 42.5 Å². The van der Waals surface area contributed by atoms with Crippen molar-refractivity contribution in [2.75, 3.05) is 0 Å². The van der Waals surface area contributed by atoms with Crippen LogP contribution in [0, 0.1) is 0 Å². The number of aromatic nitrogens is 2. The van der Waals surface area contributed by atoms with Crippen LogP contribution >= 0.6 is 15.9 Å². The van der Waals surface area contributed by atoms with Gasteiger partial charge in [0.25, 0.3) is 5.56 Å². The molecule has 1 N–H and O–H groups in total. The average molecular weight is 301 g/mol. The first-order chi connectivity index (χ1) is 8.75. The van der Waals surface area contributed by atoms with Crippen molar-refractivity contribution in [1.29, 1.82) is 0 Å². The monoisotopic (exact) mass is 300 g/mol. The van der Waals surface area contributed by atoms with Gasteiger partial charge < -0.3 is 4.98 Å². The number of fused-ring (bicyclic) bond motifs is 1. The van der Waals surface area contributed by atoms with Crippen molar-refractivity contribution in [3.63, 3.8) is 0 Å². The summed E-state index contributed by atoms with van der Waals surface area (Å²) < 4.78 is 0.906. The minimum Gasteiger partial charge on any atom is -0.306 e. The van der Waals surface area contributed by atoms with E-state index in [1.54, 1.807) is 6.07 Å². The van der Waals surface area contributed by atoms with Crippen molar-refractivity contribution >= 4 is 26.8 Å². The maximum absolute atomic E-state index is 12.0. The highest BCUT2D eigenvalue weighted by Gasteiger charge is 2.07. The Kier molecular flexibility index (Phi) is 2.72. The van der Waals surface area contributed by atoms with Gasteiger partial charge in [-0.3, -0.25) is 4.79 Å². The van der Waals surface area contributed by atoms with Gasteiger partial charge in [-0.25, -0.2) is 4.98 Å². The maximum Gasteiger partial charge on any atom is 0.259 e. The Morgan fingerprint density at radius 1 is 1.00 bits per heavy atom. The number of rotatable bonds is 1. The van der Waals surface area contributed by atoms with Gasteiger partial charge in [-0.15, -0.1) is 0 Å². The van der Waals surface area contributed by atoms with Gasteiger partial charge in [0.15, 0.2) is 0 Å². The van der Waals surface area contributed by atoms with Gasteiger partial charge in [0.05, 0.1) is 10.9 Å². The predicted octanol–water partition coefficient (Wildman–Crippen LogP) is 3.35. The summed E-state index contributed by atoms with van der Waals surface area (Å²) in [6.45, 7) is 0. The fourth-order valence-electron chi connectivity index (χ4n) is 1.87. The third kappa shape index (κ3) is 1.84. The summed E-state index contributed by atoms with van der Waals surface area (Å²) in [6.07, 6.45) is 0. The molecule has 88 valence electrons. The molecule has 0 radical (unpaired) electrons. The molecule has 3 aromatic rings. The van der Waals surface area contributed by atoms with E-state index in [9.17, 15) is 4.79 Å². The summed E-state index contributed by atoms with van der Waals surface area (Å²) in [5.74, 6) is 0.575. The van der Waals surface area contributed by atoms with Crippen molar-refractivity contribution in [2.24, 2.45) is 0 Å². The highest BCUT2D eigenvalue weighted by Crippen LogP contribution is 2.25. The maximum atomic E-state index is 12.0. The number of hydrogen-bond acceptors (Lipinski definition) is 2. The topological polar surface area (TPSA) is 45.8 Å². The van der Waals surface area contributed by atoms with Crippen LogP contribution in [0.25, 0.3) is 22.3 Å². The lowest BCUT2D eigenvalue weighted by Gasteiger charge is -2.04. The predicted molar refractivity (Wildman–Crippen MR) is 75.5 cm³/mol. The quantitative estimate of drug-likeness (QED) is 0.749. The zero-order valence-corrected chi connectivity index (χ0v) is 10.9. The molecule has 3 nitrogen and oxygen atoms in total. The van der Waals surface area contributed by atoms with Crippen LogP contribution in [0.2, 0.25) is 0 Å². The molecule has 2 aromatic carbocycles.